The monoisotopic (exact) mass is 366 g/mol. The second-order valence-electron chi connectivity index (χ2n) is 5.38. The molecule has 0 aliphatic carbocycles. The average Bonchev–Trinajstić information content (AvgIpc) is 2.54. The van der Waals surface area contributed by atoms with E-state index in [9.17, 15) is 12.8 Å². The van der Waals surface area contributed by atoms with Crippen LogP contribution in [-0.2, 0) is 9.84 Å². The van der Waals surface area contributed by atoms with Crippen LogP contribution >= 0.6 is 12.2 Å². The van der Waals surface area contributed by atoms with Crippen molar-refractivity contribution >= 4 is 32.9 Å². The topological polar surface area (TPSA) is 58.2 Å². The highest BCUT2D eigenvalue weighted by atomic mass is 32.2. The predicted molar refractivity (Wildman–Crippen MR) is 98.3 cm³/mol. The Balaban J connectivity index is 2.09. The minimum absolute atomic E-state index is 0.106. The van der Waals surface area contributed by atoms with E-state index in [2.05, 4.69) is 10.6 Å². The zero-order chi connectivity index (χ0) is 17.7. The molecule has 0 unspecified atom stereocenters. The van der Waals surface area contributed by atoms with Crippen LogP contribution in [0.3, 0.4) is 0 Å². The molecule has 0 bridgehead atoms. The van der Waals surface area contributed by atoms with Crippen molar-refractivity contribution in [3.8, 4) is 0 Å². The first-order valence-electron chi connectivity index (χ1n) is 7.43. The lowest BCUT2D eigenvalue weighted by Gasteiger charge is -2.20. The lowest BCUT2D eigenvalue weighted by molar-refractivity contribution is 0.601. The van der Waals surface area contributed by atoms with Crippen molar-refractivity contribution in [2.75, 3.05) is 11.6 Å². The normalized spacial score (nSPS) is 12.5. The Morgan fingerprint density at radius 3 is 2.33 bits per heavy atom. The van der Waals surface area contributed by atoms with Crippen LogP contribution < -0.4 is 10.6 Å². The molecule has 128 valence electrons. The number of benzene rings is 2. The molecule has 2 aromatic carbocycles. The largest absolute Gasteiger partial charge is 0.356 e. The number of thiocarbonyl (C=S) groups is 1. The number of hydrogen-bond donors (Lipinski definition) is 2. The van der Waals surface area contributed by atoms with Crippen LogP contribution in [-0.4, -0.2) is 19.8 Å². The highest BCUT2D eigenvalue weighted by Gasteiger charge is 2.13. The standard InChI is InChI=1S/C17H19FN2O2S2/c1-3-15(12-8-10-13(11-9-12)24(2,21)22)19-17(23)20-16-7-5-4-6-14(16)18/h4-11,15H,3H2,1-2H3,(H2,19,20,23)/t15-/m0/s1. The molecular weight excluding hydrogens is 347 g/mol. The lowest BCUT2D eigenvalue weighted by atomic mass is 10.1. The van der Waals surface area contributed by atoms with E-state index in [0.717, 1.165) is 12.0 Å². The van der Waals surface area contributed by atoms with Gasteiger partial charge in [0.25, 0.3) is 0 Å². The first-order chi connectivity index (χ1) is 11.3. The Kier molecular flexibility index (Phi) is 5.90. The van der Waals surface area contributed by atoms with E-state index in [1.165, 1.54) is 12.3 Å². The number of anilines is 1. The Hall–Kier alpha value is -1.99. The summed E-state index contributed by atoms with van der Waals surface area (Å²) in [5.74, 6) is -0.382. The van der Waals surface area contributed by atoms with Gasteiger partial charge in [-0.05, 0) is 48.5 Å². The van der Waals surface area contributed by atoms with Crippen LogP contribution in [0.5, 0.6) is 0 Å². The van der Waals surface area contributed by atoms with Gasteiger partial charge < -0.3 is 10.6 Å². The molecule has 0 heterocycles. The molecule has 0 aliphatic heterocycles. The predicted octanol–water partition coefficient (Wildman–Crippen LogP) is 3.67. The minimum Gasteiger partial charge on any atom is -0.356 e. The second kappa shape index (κ2) is 7.72. The highest BCUT2D eigenvalue weighted by Crippen LogP contribution is 2.20. The fourth-order valence-corrected chi connectivity index (χ4v) is 3.13. The molecule has 0 amide bonds. The molecule has 7 heteroatoms. The van der Waals surface area contributed by atoms with Gasteiger partial charge in [0.15, 0.2) is 14.9 Å². The zero-order valence-corrected chi connectivity index (χ0v) is 15.0. The number of halogens is 1. The number of hydrogen-bond acceptors (Lipinski definition) is 3. The molecule has 0 aromatic heterocycles. The Labute approximate surface area is 147 Å². The Bertz CT molecular complexity index is 821. The van der Waals surface area contributed by atoms with Gasteiger partial charge in [0, 0.05) is 6.26 Å². The van der Waals surface area contributed by atoms with Gasteiger partial charge in [-0.1, -0.05) is 31.2 Å². The van der Waals surface area contributed by atoms with Gasteiger partial charge in [-0.15, -0.1) is 0 Å². The first kappa shape index (κ1) is 18.4. The smallest absolute Gasteiger partial charge is 0.175 e. The third-order valence-electron chi connectivity index (χ3n) is 3.55. The van der Waals surface area contributed by atoms with E-state index in [1.54, 1.807) is 42.5 Å². The maximum atomic E-state index is 13.6. The Morgan fingerprint density at radius 2 is 1.79 bits per heavy atom. The molecule has 4 nitrogen and oxygen atoms in total. The van der Waals surface area contributed by atoms with Gasteiger partial charge >= 0.3 is 0 Å². The average molecular weight is 366 g/mol. The maximum absolute atomic E-state index is 13.6. The summed E-state index contributed by atoms with van der Waals surface area (Å²) in [5, 5.41) is 6.26. The minimum atomic E-state index is -3.22. The summed E-state index contributed by atoms with van der Waals surface area (Å²) in [6, 6.07) is 12.8. The van der Waals surface area contributed by atoms with E-state index in [4.69, 9.17) is 12.2 Å². The van der Waals surface area contributed by atoms with Crippen molar-refractivity contribution in [2.45, 2.75) is 24.3 Å². The summed E-state index contributed by atoms with van der Waals surface area (Å²) >= 11 is 5.24. The molecule has 2 aromatic rings. The van der Waals surface area contributed by atoms with Crippen molar-refractivity contribution in [1.82, 2.24) is 5.32 Å². The van der Waals surface area contributed by atoms with Gasteiger partial charge in [0.05, 0.1) is 16.6 Å². The summed E-state index contributed by atoms with van der Waals surface area (Å²) in [6.07, 6.45) is 1.91. The molecule has 0 fully saturated rings. The third-order valence-corrected chi connectivity index (χ3v) is 4.89. The quantitative estimate of drug-likeness (QED) is 0.791. The molecular formula is C17H19FN2O2S2. The van der Waals surface area contributed by atoms with Gasteiger partial charge in [0.2, 0.25) is 0 Å². The number of para-hydroxylation sites is 1. The highest BCUT2D eigenvalue weighted by molar-refractivity contribution is 7.90. The molecule has 24 heavy (non-hydrogen) atoms. The van der Waals surface area contributed by atoms with Crippen molar-refractivity contribution in [1.29, 1.82) is 0 Å². The van der Waals surface area contributed by atoms with Crippen molar-refractivity contribution in [3.63, 3.8) is 0 Å². The Morgan fingerprint density at radius 1 is 1.17 bits per heavy atom. The van der Waals surface area contributed by atoms with Gasteiger partial charge in [-0.25, -0.2) is 12.8 Å². The SMILES string of the molecule is CC[C@H](NC(=S)Nc1ccccc1F)c1ccc(S(C)(=O)=O)cc1. The van der Waals surface area contributed by atoms with E-state index in [1.807, 2.05) is 6.92 Å². The van der Waals surface area contributed by atoms with Crippen molar-refractivity contribution in [2.24, 2.45) is 0 Å². The van der Waals surface area contributed by atoms with Crippen molar-refractivity contribution in [3.05, 3.63) is 59.9 Å². The molecule has 2 rings (SSSR count). The number of nitrogens with one attached hydrogen (secondary N) is 2. The van der Waals surface area contributed by atoms with E-state index < -0.39 is 9.84 Å². The molecule has 0 saturated carbocycles. The summed E-state index contributed by atoms with van der Waals surface area (Å²) in [6.45, 7) is 1.98. The van der Waals surface area contributed by atoms with Crippen LogP contribution in [0.25, 0.3) is 0 Å². The van der Waals surface area contributed by atoms with Crippen LogP contribution in [0.2, 0.25) is 0 Å². The summed E-state index contributed by atoms with van der Waals surface area (Å²) < 4.78 is 36.7. The van der Waals surface area contributed by atoms with Gasteiger partial charge in [0.1, 0.15) is 5.82 Å². The van der Waals surface area contributed by atoms with Crippen molar-refractivity contribution < 1.29 is 12.8 Å². The maximum Gasteiger partial charge on any atom is 0.175 e. The van der Waals surface area contributed by atoms with E-state index in [-0.39, 0.29) is 16.8 Å². The molecule has 0 saturated heterocycles. The molecule has 0 spiro atoms. The van der Waals surface area contributed by atoms with Crippen LogP contribution in [0.15, 0.2) is 53.4 Å². The van der Waals surface area contributed by atoms with Crippen LogP contribution in [0, 0.1) is 5.82 Å². The van der Waals surface area contributed by atoms with Gasteiger partial charge in [-0.3, -0.25) is 0 Å². The molecule has 2 N–H and O–H groups in total. The van der Waals surface area contributed by atoms with Crippen LogP contribution in [0.1, 0.15) is 24.9 Å². The number of rotatable bonds is 5. The fraction of sp³-hybridized carbons (Fsp3) is 0.235. The van der Waals surface area contributed by atoms with Gasteiger partial charge in [-0.2, -0.15) is 0 Å². The third kappa shape index (κ3) is 4.75. The van der Waals surface area contributed by atoms with Crippen LogP contribution in [0.4, 0.5) is 10.1 Å². The lowest BCUT2D eigenvalue weighted by Crippen LogP contribution is -2.32. The summed E-state index contributed by atoms with van der Waals surface area (Å²) in [4.78, 5) is 0.271. The summed E-state index contributed by atoms with van der Waals surface area (Å²) in [7, 11) is -3.22. The summed E-state index contributed by atoms with van der Waals surface area (Å²) in [5.41, 5.74) is 1.21. The fourth-order valence-electron chi connectivity index (χ4n) is 2.25. The second-order valence-corrected chi connectivity index (χ2v) is 7.80. The van der Waals surface area contributed by atoms with E-state index in [0.29, 0.717) is 10.8 Å². The zero-order valence-electron chi connectivity index (χ0n) is 13.4. The number of sulfone groups is 1. The van der Waals surface area contributed by atoms with E-state index >= 15 is 0 Å². The molecule has 1 atom stereocenters. The first-order valence-corrected chi connectivity index (χ1v) is 9.73. The molecule has 0 aliphatic rings. The molecule has 0 radical (unpaired) electrons.